The average molecular weight is 149 g/mol. The van der Waals surface area contributed by atoms with Gasteiger partial charge in [0.1, 0.15) is 0 Å². The molecule has 0 bridgehead atoms. The third kappa shape index (κ3) is 0.897. The predicted molar refractivity (Wildman–Crippen MR) is 44.4 cm³/mol. The Morgan fingerprint density at radius 1 is 1.64 bits per heavy atom. The Kier molecular flexibility index (Phi) is 1.19. The van der Waals surface area contributed by atoms with E-state index in [0.717, 1.165) is 0 Å². The van der Waals surface area contributed by atoms with Crippen LogP contribution in [0.2, 0.25) is 0 Å². The third-order valence-corrected chi connectivity index (χ3v) is 2.19. The van der Waals surface area contributed by atoms with Crippen molar-refractivity contribution in [2.75, 3.05) is 0 Å². The number of oxime groups is 1. The highest BCUT2D eigenvalue weighted by Crippen LogP contribution is 2.34. The van der Waals surface area contributed by atoms with Crippen LogP contribution in [0.1, 0.15) is 13.8 Å². The smallest absolute Gasteiger partial charge is 0.159 e. The van der Waals surface area contributed by atoms with E-state index < -0.39 is 0 Å². The minimum absolute atomic E-state index is 0.00116. The summed E-state index contributed by atoms with van der Waals surface area (Å²) in [5.74, 6) is 0. The first-order valence-corrected chi connectivity index (χ1v) is 3.79. The fourth-order valence-corrected chi connectivity index (χ4v) is 1.54. The Hall–Kier alpha value is -1.05. The summed E-state index contributed by atoms with van der Waals surface area (Å²) < 4.78 is 0. The predicted octanol–water partition coefficient (Wildman–Crippen LogP) is 1.89. The molecule has 58 valence electrons. The van der Waals surface area contributed by atoms with Crippen LogP contribution in [-0.2, 0) is 4.84 Å². The van der Waals surface area contributed by atoms with E-state index in [1.165, 1.54) is 5.57 Å². The quantitative estimate of drug-likeness (QED) is 0.515. The van der Waals surface area contributed by atoms with E-state index in [9.17, 15) is 0 Å². The molecule has 0 spiro atoms. The van der Waals surface area contributed by atoms with Gasteiger partial charge in [0.15, 0.2) is 6.10 Å². The van der Waals surface area contributed by atoms with E-state index in [1.54, 1.807) is 0 Å². The standard InChI is InChI=1S/C9H11NO/c1-7-3-4-8-9(2,5-7)6-10-11-8/h3-6,8H,1-2H3. The lowest BCUT2D eigenvalue weighted by atomic mass is 9.81. The van der Waals surface area contributed by atoms with Crippen LogP contribution >= 0.6 is 0 Å². The van der Waals surface area contributed by atoms with E-state index in [0.29, 0.717) is 0 Å². The lowest BCUT2D eigenvalue weighted by Gasteiger charge is -2.24. The van der Waals surface area contributed by atoms with Gasteiger partial charge < -0.3 is 4.84 Å². The van der Waals surface area contributed by atoms with Crippen molar-refractivity contribution < 1.29 is 4.84 Å². The second-order valence-electron chi connectivity index (χ2n) is 3.37. The van der Waals surface area contributed by atoms with Gasteiger partial charge in [-0.05, 0) is 19.9 Å². The molecule has 2 atom stereocenters. The van der Waals surface area contributed by atoms with Crippen LogP contribution in [0.25, 0.3) is 0 Å². The third-order valence-electron chi connectivity index (χ3n) is 2.19. The summed E-state index contributed by atoms with van der Waals surface area (Å²) in [4.78, 5) is 5.15. The average Bonchev–Trinajstić information content (AvgIpc) is 2.28. The molecule has 0 aromatic carbocycles. The maximum absolute atomic E-state index is 5.15. The lowest BCUT2D eigenvalue weighted by molar-refractivity contribution is 0.0802. The van der Waals surface area contributed by atoms with Crippen LogP contribution in [0.4, 0.5) is 0 Å². The molecule has 2 nitrogen and oxygen atoms in total. The van der Waals surface area contributed by atoms with E-state index in [4.69, 9.17) is 4.84 Å². The second-order valence-corrected chi connectivity index (χ2v) is 3.37. The molecule has 1 heterocycles. The highest BCUT2D eigenvalue weighted by atomic mass is 16.6. The Morgan fingerprint density at radius 2 is 2.45 bits per heavy atom. The molecule has 0 N–H and O–H groups in total. The zero-order chi connectivity index (χ0) is 7.90. The van der Waals surface area contributed by atoms with Gasteiger partial charge in [-0.25, -0.2) is 0 Å². The first-order valence-electron chi connectivity index (χ1n) is 3.79. The molecule has 11 heavy (non-hydrogen) atoms. The number of hydrogen-bond acceptors (Lipinski definition) is 2. The van der Waals surface area contributed by atoms with Crippen molar-refractivity contribution in [1.82, 2.24) is 0 Å². The van der Waals surface area contributed by atoms with Gasteiger partial charge in [-0.3, -0.25) is 0 Å². The molecule has 0 saturated carbocycles. The summed E-state index contributed by atoms with van der Waals surface area (Å²) in [6.07, 6.45) is 8.30. The molecule has 0 aromatic heterocycles. The minimum atomic E-state index is -0.00116. The molecule has 0 radical (unpaired) electrons. The highest BCUT2D eigenvalue weighted by Gasteiger charge is 2.36. The van der Waals surface area contributed by atoms with E-state index in [1.807, 2.05) is 6.21 Å². The van der Waals surface area contributed by atoms with Gasteiger partial charge in [-0.2, -0.15) is 0 Å². The van der Waals surface area contributed by atoms with Crippen LogP contribution < -0.4 is 0 Å². The van der Waals surface area contributed by atoms with Gasteiger partial charge in [0.05, 0.1) is 11.6 Å². The Labute approximate surface area is 66.2 Å². The lowest BCUT2D eigenvalue weighted by Crippen LogP contribution is -2.28. The molecule has 2 aliphatic rings. The van der Waals surface area contributed by atoms with E-state index in [-0.39, 0.29) is 11.5 Å². The molecule has 0 saturated heterocycles. The topological polar surface area (TPSA) is 21.6 Å². The fourth-order valence-electron chi connectivity index (χ4n) is 1.54. The van der Waals surface area contributed by atoms with Crippen molar-refractivity contribution in [3.8, 4) is 0 Å². The second kappa shape index (κ2) is 1.97. The van der Waals surface area contributed by atoms with Crippen molar-refractivity contribution in [2.45, 2.75) is 20.0 Å². The van der Waals surface area contributed by atoms with Gasteiger partial charge in [0.25, 0.3) is 0 Å². The molecule has 2 unspecified atom stereocenters. The summed E-state index contributed by atoms with van der Waals surface area (Å²) in [6, 6.07) is 0. The van der Waals surface area contributed by atoms with Crippen LogP contribution in [0.3, 0.4) is 0 Å². The highest BCUT2D eigenvalue weighted by molar-refractivity contribution is 5.72. The summed E-state index contributed by atoms with van der Waals surface area (Å²) in [5.41, 5.74) is 1.28. The number of allylic oxidation sites excluding steroid dienone is 2. The van der Waals surface area contributed by atoms with Gasteiger partial charge >= 0.3 is 0 Å². The van der Waals surface area contributed by atoms with Gasteiger partial charge in [0, 0.05) is 0 Å². The van der Waals surface area contributed by atoms with Crippen molar-refractivity contribution >= 4 is 6.21 Å². The molecule has 1 aliphatic heterocycles. The zero-order valence-electron chi connectivity index (χ0n) is 6.74. The normalized spacial score (nSPS) is 39.8. The monoisotopic (exact) mass is 149 g/mol. The summed E-state index contributed by atoms with van der Waals surface area (Å²) in [6.45, 7) is 4.21. The fraction of sp³-hybridized carbons (Fsp3) is 0.444. The summed E-state index contributed by atoms with van der Waals surface area (Å²) >= 11 is 0. The molecule has 0 amide bonds. The number of fused-ring (bicyclic) bond motifs is 1. The van der Waals surface area contributed by atoms with E-state index >= 15 is 0 Å². The first kappa shape index (κ1) is 6.65. The maximum atomic E-state index is 5.15. The van der Waals surface area contributed by atoms with Crippen molar-refractivity contribution in [2.24, 2.45) is 10.6 Å². The van der Waals surface area contributed by atoms with Crippen LogP contribution in [0.5, 0.6) is 0 Å². The molecule has 2 heteroatoms. The Morgan fingerprint density at radius 3 is 3.27 bits per heavy atom. The number of hydrogen-bond donors (Lipinski definition) is 0. The molecule has 2 rings (SSSR count). The summed E-state index contributed by atoms with van der Waals surface area (Å²) in [5, 5.41) is 3.81. The van der Waals surface area contributed by atoms with Crippen LogP contribution in [0, 0.1) is 5.41 Å². The zero-order valence-corrected chi connectivity index (χ0v) is 6.74. The molecular weight excluding hydrogens is 138 g/mol. The molecule has 0 aromatic rings. The van der Waals surface area contributed by atoms with Crippen LogP contribution in [0.15, 0.2) is 29.0 Å². The van der Waals surface area contributed by atoms with Crippen molar-refractivity contribution in [1.29, 1.82) is 0 Å². The largest absolute Gasteiger partial charge is 0.387 e. The Balaban J connectivity index is 2.39. The van der Waals surface area contributed by atoms with Gasteiger partial charge in [-0.15, -0.1) is 0 Å². The molecule has 0 fully saturated rings. The molecule has 1 aliphatic carbocycles. The van der Waals surface area contributed by atoms with Gasteiger partial charge in [-0.1, -0.05) is 22.9 Å². The Bertz CT molecular complexity index is 265. The number of nitrogens with zero attached hydrogens (tertiary/aromatic N) is 1. The van der Waals surface area contributed by atoms with Crippen molar-refractivity contribution in [3.05, 3.63) is 23.8 Å². The SMILES string of the molecule is CC1=CC2(C)C=NOC2C=C1. The van der Waals surface area contributed by atoms with E-state index in [2.05, 4.69) is 37.2 Å². The van der Waals surface area contributed by atoms with Crippen molar-refractivity contribution in [3.63, 3.8) is 0 Å². The minimum Gasteiger partial charge on any atom is -0.387 e. The maximum Gasteiger partial charge on any atom is 0.159 e. The van der Waals surface area contributed by atoms with Gasteiger partial charge in [0.2, 0.25) is 0 Å². The van der Waals surface area contributed by atoms with Crippen LogP contribution in [-0.4, -0.2) is 12.3 Å². The first-order chi connectivity index (χ1) is 5.21. The summed E-state index contributed by atoms with van der Waals surface area (Å²) in [7, 11) is 0. The number of rotatable bonds is 0. The molecular formula is C9H11NO.